The van der Waals surface area contributed by atoms with E-state index < -0.39 is 4.92 Å². The highest BCUT2D eigenvalue weighted by Gasteiger charge is 2.24. The number of anilines is 1. The van der Waals surface area contributed by atoms with E-state index in [0.29, 0.717) is 12.1 Å². The summed E-state index contributed by atoms with van der Waals surface area (Å²) in [6.45, 7) is 1.19. The minimum Gasteiger partial charge on any atom is -0.490 e. The molecule has 1 aromatic carbocycles. The smallest absolute Gasteiger partial charge is 0.333 e. The van der Waals surface area contributed by atoms with Crippen molar-refractivity contribution in [3.05, 3.63) is 27.8 Å². The Balaban J connectivity index is 2.31. The molecule has 0 aromatic heterocycles. The van der Waals surface area contributed by atoms with Crippen LogP contribution in [0.25, 0.3) is 0 Å². The van der Waals surface area contributed by atoms with Crippen molar-refractivity contribution in [3.8, 4) is 11.8 Å². The molecule has 1 atom stereocenters. The standard InChI is InChI=1S/C12H13N3O4/c1-18-11-5-8(6-13)4-10(12(11)15(16)17)14-7-9-2-3-19-9/h4-5,9,14H,2-3,7H2,1H3/t9-/m0/s1. The summed E-state index contributed by atoms with van der Waals surface area (Å²) in [5, 5.41) is 23.0. The maximum Gasteiger partial charge on any atom is 0.333 e. The number of nitrogens with zero attached hydrogens (tertiary/aromatic N) is 2. The summed E-state index contributed by atoms with van der Waals surface area (Å²) in [7, 11) is 1.34. The third-order valence-electron chi connectivity index (χ3n) is 2.92. The SMILES string of the molecule is COc1cc(C#N)cc(NC[C@@H]2CCO2)c1[N+](=O)[O-]. The Morgan fingerprint density at radius 1 is 1.68 bits per heavy atom. The van der Waals surface area contributed by atoms with Crippen LogP contribution in [-0.4, -0.2) is 31.3 Å². The summed E-state index contributed by atoms with van der Waals surface area (Å²) in [4.78, 5) is 10.6. The molecule has 100 valence electrons. The van der Waals surface area contributed by atoms with Crippen molar-refractivity contribution in [3.63, 3.8) is 0 Å². The molecule has 1 aromatic rings. The molecule has 1 N–H and O–H groups in total. The highest BCUT2D eigenvalue weighted by Crippen LogP contribution is 2.36. The van der Waals surface area contributed by atoms with Crippen LogP contribution in [0.1, 0.15) is 12.0 Å². The molecular weight excluding hydrogens is 250 g/mol. The molecule has 2 rings (SSSR count). The summed E-state index contributed by atoms with van der Waals surface area (Å²) >= 11 is 0. The average Bonchev–Trinajstić information content (AvgIpc) is 2.35. The Labute approximate surface area is 109 Å². The van der Waals surface area contributed by atoms with Crippen LogP contribution < -0.4 is 10.1 Å². The molecule has 1 heterocycles. The predicted octanol–water partition coefficient (Wildman–Crippen LogP) is 1.68. The van der Waals surface area contributed by atoms with Crippen molar-refractivity contribution in [2.75, 3.05) is 25.6 Å². The molecule has 0 radical (unpaired) electrons. The van der Waals surface area contributed by atoms with Gasteiger partial charge in [0.2, 0.25) is 0 Å². The number of nitrogens with one attached hydrogen (secondary N) is 1. The molecule has 7 heteroatoms. The zero-order valence-electron chi connectivity index (χ0n) is 10.4. The van der Waals surface area contributed by atoms with E-state index >= 15 is 0 Å². The fourth-order valence-electron chi connectivity index (χ4n) is 1.82. The minimum atomic E-state index is -0.524. The molecule has 0 amide bonds. The Bertz CT molecular complexity index is 535. The normalized spacial score (nSPS) is 17.2. The van der Waals surface area contributed by atoms with Crippen LogP contribution >= 0.6 is 0 Å². The van der Waals surface area contributed by atoms with Gasteiger partial charge in [-0.25, -0.2) is 0 Å². The predicted molar refractivity (Wildman–Crippen MR) is 67.2 cm³/mol. The summed E-state index contributed by atoms with van der Waals surface area (Å²) in [6.07, 6.45) is 0.993. The lowest BCUT2D eigenvalue weighted by Gasteiger charge is -2.26. The Kier molecular flexibility index (Phi) is 3.82. The van der Waals surface area contributed by atoms with E-state index in [2.05, 4.69) is 5.32 Å². The topological polar surface area (TPSA) is 97.4 Å². The van der Waals surface area contributed by atoms with Crippen LogP contribution in [0.2, 0.25) is 0 Å². The highest BCUT2D eigenvalue weighted by molar-refractivity contribution is 5.71. The first-order chi connectivity index (χ1) is 9.15. The quantitative estimate of drug-likeness (QED) is 0.641. The van der Waals surface area contributed by atoms with Crippen LogP contribution in [0.15, 0.2) is 12.1 Å². The van der Waals surface area contributed by atoms with Crippen LogP contribution in [0.5, 0.6) is 5.75 Å². The maximum atomic E-state index is 11.1. The molecule has 0 bridgehead atoms. The van der Waals surface area contributed by atoms with Gasteiger partial charge in [0, 0.05) is 19.2 Å². The number of ether oxygens (including phenoxy) is 2. The van der Waals surface area contributed by atoms with Crippen LogP contribution in [-0.2, 0) is 4.74 Å². The maximum absolute atomic E-state index is 11.1. The zero-order chi connectivity index (χ0) is 13.8. The van der Waals surface area contributed by atoms with Gasteiger partial charge in [0.25, 0.3) is 0 Å². The fourth-order valence-corrected chi connectivity index (χ4v) is 1.82. The number of methoxy groups -OCH3 is 1. The molecule has 1 fully saturated rings. The summed E-state index contributed by atoms with van der Waals surface area (Å²) in [5.74, 6) is 0.0704. The number of rotatable bonds is 5. The van der Waals surface area contributed by atoms with Gasteiger partial charge < -0.3 is 14.8 Å². The van der Waals surface area contributed by atoms with E-state index in [-0.39, 0.29) is 23.2 Å². The van der Waals surface area contributed by atoms with Crippen LogP contribution in [0.3, 0.4) is 0 Å². The van der Waals surface area contributed by atoms with E-state index in [1.54, 1.807) is 0 Å². The Hall–Kier alpha value is -2.33. The van der Waals surface area contributed by atoms with Gasteiger partial charge in [0.15, 0.2) is 5.75 Å². The molecule has 0 aliphatic carbocycles. The van der Waals surface area contributed by atoms with Crippen molar-refractivity contribution in [2.45, 2.75) is 12.5 Å². The molecule has 7 nitrogen and oxygen atoms in total. The summed E-state index contributed by atoms with van der Waals surface area (Å²) in [5.41, 5.74) is 0.414. The second-order valence-electron chi connectivity index (χ2n) is 4.11. The Morgan fingerprint density at radius 3 is 2.89 bits per heavy atom. The van der Waals surface area contributed by atoms with E-state index in [4.69, 9.17) is 14.7 Å². The molecular formula is C12H13N3O4. The van der Waals surface area contributed by atoms with Gasteiger partial charge in [0.05, 0.1) is 29.8 Å². The first-order valence-corrected chi connectivity index (χ1v) is 5.77. The average molecular weight is 263 g/mol. The fraction of sp³-hybridized carbons (Fsp3) is 0.417. The lowest BCUT2D eigenvalue weighted by Crippen LogP contribution is -2.33. The highest BCUT2D eigenvalue weighted by atomic mass is 16.6. The number of benzene rings is 1. The van der Waals surface area contributed by atoms with Crippen molar-refractivity contribution in [1.82, 2.24) is 0 Å². The summed E-state index contributed by atoms with van der Waals surface area (Å²) < 4.78 is 10.2. The largest absolute Gasteiger partial charge is 0.490 e. The Morgan fingerprint density at radius 2 is 2.42 bits per heavy atom. The third kappa shape index (κ3) is 2.74. The number of nitro benzene ring substituents is 1. The molecule has 0 unspecified atom stereocenters. The second-order valence-corrected chi connectivity index (χ2v) is 4.11. The van der Waals surface area contributed by atoms with E-state index in [1.807, 2.05) is 6.07 Å². The monoisotopic (exact) mass is 263 g/mol. The van der Waals surface area contributed by atoms with Gasteiger partial charge in [-0.1, -0.05) is 0 Å². The van der Waals surface area contributed by atoms with E-state index in [0.717, 1.165) is 13.0 Å². The van der Waals surface area contributed by atoms with Gasteiger partial charge in [-0.15, -0.1) is 0 Å². The van der Waals surface area contributed by atoms with Crippen molar-refractivity contribution >= 4 is 11.4 Å². The lowest BCUT2D eigenvalue weighted by molar-refractivity contribution is -0.384. The molecule has 0 spiro atoms. The van der Waals surface area contributed by atoms with Gasteiger partial charge in [-0.3, -0.25) is 10.1 Å². The summed E-state index contributed by atoms with van der Waals surface area (Å²) in [6, 6.07) is 4.74. The molecule has 1 aliphatic heterocycles. The molecule has 1 aliphatic rings. The number of nitro groups is 1. The third-order valence-corrected chi connectivity index (χ3v) is 2.92. The number of hydrogen-bond donors (Lipinski definition) is 1. The van der Waals surface area contributed by atoms with Gasteiger partial charge >= 0.3 is 5.69 Å². The first kappa shape index (κ1) is 13.1. The van der Waals surface area contributed by atoms with Crippen molar-refractivity contribution in [2.24, 2.45) is 0 Å². The van der Waals surface area contributed by atoms with Gasteiger partial charge in [0.1, 0.15) is 5.69 Å². The lowest BCUT2D eigenvalue weighted by atomic mass is 10.1. The minimum absolute atomic E-state index is 0.0661. The number of hydrogen-bond acceptors (Lipinski definition) is 6. The van der Waals surface area contributed by atoms with Gasteiger partial charge in [-0.2, -0.15) is 5.26 Å². The first-order valence-electron chi connectivity index (χ1n) is 5.77. The molecule has 1 saturated heterocycles. The second kappa shape index (κ2) is 5.54. The molecule has 19 heavy (non-hydrogen) atoms. The van der Waals surface area contributed by atoms with Crippen molar-refractivity contribution in [1.29, 1.82) is 5.26 Å². The number of nitriles is 1. The van der Waals surface area contributed by atoms with Crippen LogP contribution in [0, 0.1) is 21.4 Å². The van der Waals surface area contributed by atoms with Crippen LogP contribution in [0.4, 0.5) is 11.4 Å². The zero-order valence-corrected chi connectivity index (χ0v) is 10.4. The van der Waals surface area contributed by atoms with E-state index in [9.17, 15) is 10.1 Å². The van der Waals surface area contributed by atoms with E-state index in [1.165, 1.54) is 19.2 Å². The van der Waals surface area contributed by atoms with Gasteiger partial charge in [-0.05, 0) is 12.5 Å². The van der Waals surface area contributed by atoms with Crippen molar-refractivity contribution < 1.29 is 14.4 Å². The molecule has 0 saturated carbocycles.